The molecule has 0 aromatic rings. The first-order chi connectivity index (χ1) is 7.82. The Morgan fingerprint density at radius 3 is 2.50 bits per heavy atom. The molecule has 1 rings (SSSR count). The van der Waals surface area contributed by atoms with Crippen molar-refractivity contribution in [2.45, 2.75) is 30.7 Å². The van der Waals surface area contributed by atoms with Gasteiger partial charge < -0.3 is 25.2 Å². The maximum atomic E-state index is 11.0. The molecule has 16 heavy (non-hydrogen) atoms. The van der Waals surface area contributed by atoms with Crippen molar-refractivity contribution in [3.63, 3.8) is 0 Å². The van der Waals surface area contributed by atoms with Crippen LogP contribution in [0.4, 0.5) is 0 Å². The molecule has 1 heterocycles. The fraction of sp³-hybridized carbons (Fsp3) is 1.00. The highest BCUT2D eigenvalue weighted by Gasteiger charge is 2.45. The predicted octanol–water partition coefficient (Wildman–Crippen LogP) is -3.24. The van der Waals surface area contributed by atoms with E-state index in [0.29, 0.717) is 0 Å². The van der Waals surface area contributed by atoms with E-state index in [2.05, 4.69) is 8.92 Å². The SMILES string of the molecule is [2H]CS(=O)(=O)O[C@H]1C(O)O[C@H](CO)[C@H](O)[C@@H]1O. The molecule has 0 radical (unpaired) electrons. The quantitative estimate of drug-likeness (QED) is 0.389. The van der Waals surface area contributed by atoms with Gasteiger partial charge in [-0.05, 0) is 0 Å². The van der Waals surface area contributed by atoms with Gasteiger partial charge in [0.1, 0.15) is 18.3 Å². The van der Waals surface area contributed by atoms with Gasteiger partial charge in [-0.15, -0.1) is 0 Å². The lowest BCUT2D eigenvalue weighted by molar-refractivity contribution is -0.279. The van der Waals surface area contributed by atoms with Crippen LogP contribution in [0.5, 0.6) is 0 Å². The molecule has 1 fully saturated rings. The Balaban J connectivity index is 2.80. The highest BCUT2D eigenvalue weighted by atomic mass is 32.2. The molecule has 1 aliphatic rings. The number of rotatable bonds is 3. The summed E-state index contributed by atoms with van der Waals surface area (Å²) in [5, 5.41) is 37.1. The van der Waals surface area contributed by atoms with E-state index in [1.54, 1.807) is 0 Å². The molecule has 4 N–H and O–H groups in total. The minimum atomic E-state index is -4.24. The lowest BCUT2D eigenvalue weighted by atomic mass is 9.99. The fourth-order valence-electron chi connectivity index (χ4n) is 1.34. The van der Waals surface area contributed by atoms with Crippen LogP contribution in [-0.4, -0.2) is 72.4 Å². The molecule has 0 aliphatic carbocycles. The van der Waals surface area contributed by atoms with Gasteiger partial charge in [0, 0.05) is 1.37 Å². The van der Waals surface area contributed by atoms with E-state index in [1.807, 2.05) is 0 Å². The molecular formula is C7H14O8S. The number of ether oxygens (including phenoxy) is 1. The Labute approximate surface area is 93.6 Å². The van der Waals surface area contributed by atoms with Crippen LogP contribution in [0.15, 0.2) is 0 Å². The first kappa shape index (κ1) is 12.2. The molecule has 0 spiro atoms. The normalized spacial score (nSPS) is 41.8. The molecule has 1 aliphatic heterocycles. The van der Waals surface area contributed by atoms with Crippen LogP contribution >= 0.6 is 0 Å². The van der Waals surface area contributed by atoms with Crippen molar-refractivity contribution >= 4 is 10.1 Å². The number of aliphatic hydroxyl groups is 4. The monoisotopic (exact) mass is 259 g/mol. The second-order valence-corrected chi connectivity index (χ2v) is 4.66. The molecule has 0 saturated carbocycles. The number of hydrogen-bond acceptors (Lipinski definition) is 8. The minimum Gasteiger partial charge on any atom is -0.394 e. The zero-order valence-corrected chi connectivity index (χ0v) is 8.95. The van der Waals surface area contributed by atoms with Crippen molar-refractivity contribution in [2.24, 2.45) is 0 Å². The molecule has 96 valence electrons. The van der Waals surface area contributed by atoms with Crippen molar-refractivity contribution in [1.29, 1.82) is 0 Å². The molecular weight excluding hydrogens is 244 g/mol. The topological polar surface area (TPSA) is 134 Å². The van der Waals surface area contributed by atoms with E-state index >= 15 is 0 Å². The summed E-state index contributed by atoms with van der Waals surface area (Å²) in [6, 6.07) is 0. The summed E-state index contributed by atoms with van der Waals surface area (Å²) in [7, 11) is -4.24. The van der Waals surface area contributed by atoms with E-state index < -0.39 is 53.7 Å². The number of aliphatic hydroxyl groups excluding tert-OH is 4. The lowest BCUT2D eigenvalue weighted by Crippen LogP contribution is -2.59. The van der Waals surface area contributed by atoms with Crippen molar-refractivity contribution < 1.29 is 39.1 Å². The van der Waals surface area contributed by atoms with Gasteiger partial charge in [0.15, 0.2) is 12.4 Å². The van der Waals surface area contributed by atoms with Gasteiger partial charge >= 0.3 is 0 Å². The first-order valence-corrected chi connectivity index (χ1v) is 5.91. The predicted molar refractivity (Wildman–Crippen MR) is 49.7 cm³/mol. The van der Waals surface area contributed by atoms with Gasteiger partial charge in [-0.1, -0.05) is 0 Å². The van der Waals surface area contributed by atoms with Gasteiger partial charge in [-0.2, -0.15) is 8.42 Å². The van der Waals surface area contributed by atoms with Crippen molar-refractivity contribution in [3.8, 4) is 0 Å². The van der Waals surface area contributed by atoms with Gasteiger partial charge in [-0.25, -0.2) is 0 Å². The Hall–Kier alpha value is -0.290. The first-order valence-electron chi connectivity index (χ1n) is 5.04. The van der Waals surface area contributed by atoms with Crippen LogP contribution < -0.4 is 0 Å². The third kappa shape index (κ3) is 3.10. The van der Waals surface area contributed by atoms with E-state index in [4.69, 9.17) is 6.48 Å². The Morgan fingerprint density at radius 2 is 2.00 bits per heavy atom. The second kappa shape index (κ2) is 4.92. The van der Waals surface area contributed by atoms with E-state index in [0.717, 1.165) is 0 Å². The molecule has 1 saturated heterocycles. The summed E-state index contributed by atoms with van der Waals surface area (Å²) >= 11 is 0. The van der Waals surface area contributed by atoms with Crippen molar-refractivity contribution in [3.05, 3.63) is 0 Å². The third-order valence-corrected chi connectivity index (χ3v) is 2.62. The largest absolute Gasteiger partial charge is 0.394 e. The summed E-state index contributed by atoms with van der Waals surface area (Å²) in [5.41, 5.74) is 0. The standard InChI is InChI=1S/C7H14O8S/c1-16(12,13)15-6-5(10)4(9)3(2-8)14-7(6)11/h3-11H,2H2,1H3/t3-,4+,5+,6-,7?/m1/s1/i1D. The van der Waals surface area contributed by atoms with Crippen LogP contribution in [0.2, 0.25) is 0 Å². The van der Waals surface area contributed by atoms with Crippen LogP contribution in [0.3, 0.4) is 0 Å². The highest BCUT2D eigenvalue weighted by Crippen LogP contribution is 2.23. The molecule has 0 aromatic carbocycles. The zero-order valence-electron chi connectivity index (χ0n) is 9.13. The summed E-state index contributed by atoms with van der Waals surface area (Å²) in [6.45, 7) is -0.660. The minimum absolute atomic E-state index is 0.660. The molecule has 8 nitrogen and oxygen atoms in total. The van der Waals surface area contributed by atoms with Crippen LogP contribution in [0, 0.1) is 0 Å². The lowest BCUT2D eigenvalue weighted by Gasteiger charge is -2.38. The van der Waals surface area contributed by atoms with Crippen LogP contribution in [0.25, 0.3) is 0 Å². The van der Waals surface area contributed by atoms with Crippen molar-refractivity contribution in [2.75, 3.05) is 12.8 Å². The number of hydrogen-bond donors (Lipinski definition) is 4. The Morgan fingerprint density at radius 1 is 1.38 bits per heavy atom. The molecule has 9 heteroatoms. The third-order valence-electron chi connectivity index (χ3n) is 2.10. The van der Waals surface area contributed by atoms with E-state index in [1.165, 1.54) is 0 Å². The van der Waals surface area contributed by atoms with Gasteiger partial charge in [0.2, 0.25) is 0 Å². The van der Waals surface area contributed by atoms with Gasteiger partial charge in [0.05, 0.1) is 12.8 Å². The van der Waals surface area contributed by atoms with Crippen LogP contribution in [-0.2, 0) is 19.0 Å². The molecule has 0 amide bonds. The Kier molecular flexibility index (Phi) is 3.74. The maximum absolute atomic E-state index is 11.0. The van der Waals surface area contributed by atoms with Crippen LogP contribution in [0.1, 0.15) is 1.37 Å². The summed E-state index contributed by atoms with van der Waals surface area (Å²) < 4.78 is 37.7. The average Bonchev–Trinajstić information content (AvgIpc) is 2.29. The Bertz CT molecular complexity index is 346. The summed E-state index contributed by atoms with van der Waals surface area (Å²) in [5.74, 6) is 0. The smallest absolute Gasteiger partial charge is 0.264 e. The fourth-order valence-corrected chi connectivity index (χ4v) is 1.89. The molecule has 0 bridgehead atoms. The van der Waals surface area contributed by atoms with Gasteiger partial charge in [0.25, 0.3) is 10.1 Å². The van der Waals surface area contributed by atoms with E-state index in [9.17, 15) is 23.7 Å². The van der Waals surface area contributed by atoms with E-state index in [-0.39, 0.29) is 0 Å². The maximum Gasteiger partial charge on any atom is 0.264 e. The van der Waals surface area contributed by atoms with Gasteiger partial charge in [-0.3, -0.25) is 4.18 Å². The average molecular weight is 259 g/mol. The zero-order chi connectivity index (χ0) is 13.2. The highest BCUT2D eigenvalue weighted by molar-refractivity contribution is 7.86. The summed E-state index contributed by atoms with van der Waals surface area (Å²) in [4.78, 5) is 0. The second-order valence-electron chi connectivity index (χ2n) is 3.35. The molecule has 5 atom stereocenters. The van der Waals surface area contributed by atoms with Crippen molar-refractivity contribution in [1.82, 2.24) is 0 Å². The molecule has 0 aromatic heterocycles. The summed E-state index contributed by atoms with van der Waals surface area (Å²) in [6.07, 6.45) is -9.25. The molecule has 1 unspecified atom stereocenters.